The van der Waals surface area contributed by atoms with Gasteiger partial charge in [-0.1, -0.05) is 0 Å². The Morgan fingerprint density at radius 3 is 2.59 bits per heavy atom. The number of hydrogen-bond donors (Lipinski definition) is 1. The Balaban J connectivity index is 1.17. The van der Waals surface area contributed by atoms with Crippen molar-refractivity contribution in [2.45, 2.75) is 65.1 Å². The van der Waals surface area contributed by atoms with Crippen LogP contribution in [0.2, 0.25) is 0 Å². The molecule has 3 aliphatic rings. The molecule has 3 heterocycles. The van der Waals surface area contributed by atoms with Crippen LogP contribution in [0.15, 0.2) is 30.9 Å². The van der Waals surface area contributed by atoms with E-state index in [4.69, 9.17) is 4.74 Å². The van der Waals surface area contributed by atoms with Crippen molar-refractivity contribution in [3.63, 3.8) is 0 Å². The lowest BCUT2D eigenvalue weighted by Crippen LogP contribution is -2.50. The van der Waals surface area contributed by atoms with Gasteiger partial charge in [0.05, 0.1) is 0 Å². The zero-order chi connectivity index (χ0) is 20.6. The first-order valence-corrected chi connectivity index (χ1v) is 10.8. The van der Waals surface area contributed by atoms with E-state index in [2.05, 4.69) is 42.6 Å². The van der Waals surface area contributed by atoms with Crippen LogP contribution in [-0.4, -0.2) is 46.1 Å². The van der Waals surface area contributed by atoms with Crippen molar-refractivity contribution in [2.75, 3.05) is 19.6 Å². The summed E-state index contributed by atoms with van der Waals surface area (Å²) < 4.78 is 5.93. The van der Waals surface area contributed by atoms with E-state index in [0.29, 0.717) is 24.4 Å². The third kappa shape index (κ3) is 4.51. The van der Waals surface area contributed by atoms with Crippen molar-refractivity contribution in [1.29, 1.82) is 0 Å². The number of piperidine rings is 1. The first-order valence-electron chi connectivity index (χ1n) is 10.8. The number of fused-ring (bicyclic) bond motifs is 1. The summed E-state index contributed by atoms with van der Waals surface area (Å²) in [6, 6.07) is 2.05. The molecule has 1 aromatic heterocycles. The summed E-state index contributed by atoms with van der Waals surface area (Å²) in [7, 11) is 0. The van der Waals surface area contributed by atoms with Gasteiger partial charge in [0.25, 0.3) is 0 Å². The predicted molar refractivity (Wildman–Crippen MR) is 113 cm³/mol. The van der Waals surface area contributed by atoms with E-state index in [-0.39, 0.29) is 11.6 Å². The van der Waals surface area contributed by atoms with Crippen LogP contribution in [0.25, 0.3) is 0 Å². The quantitative estimate of drug-likeness (QED) is 0.782. The summed E-state index contributed by atoms with van der Waals surface area (Å²) in [5, 5.41) is 3.16. The molecule has 6 nitrogen and oxygen atoms in total. The maximum Gasteiger partial charge on any atom is 0.318 e. The lowest BCUT2D eigenvalue weighted by molar-refractivity contribution is -0.0449. The fourth-order valence-electron chi connectivity index (χ4n) is 5.07. The Hall–Kier alpha value is -2.24. The number of pyridine rings is 1. The standard InChI is InChI=1S/C23H34N4O2/c1-17(29-22(2,3)4)26-9-6-23(7-10-26)11-18(12-23)13-25-21(28)27-15-19-5-8-24-14-20(19)16-27/h5,8,14,18H,1,6-7,9-13,15-16H2,2-4H3,(H,25,28). The molecule has 1 saturated carbocycles. The van der Waals surface area contributed by atoms with Gasteiger partial charge in [-0.15, -0.1) is 0 Å². The molecule has 0 bridgehead atoms. The second-order valence-electron chi connectivity index (χ2n) is 10.1. The van der Waals surface area contributed by atoms with Gasteiger partial charge in [-0.05, 0) is 81.6 Å². The van der Waals surface area contributed by atoms with Crippen LogP contribution < -0.4 is 5.32 Å². The Kier molecular flexibility index (Phi) is 5.21. The molecule has 2 aliphatic heterocycles. The van der Waals surface area contributed by atoms with Crippen molar-refractivity contribution in [2.24, 2.45) is 11.3 Å². The molecule has 29 heavy (non-hydrogen) atoms. The lowest BCUT2D eigenvalue weighted by atomic mass is 9.57. The largest absolute Gasteiger partial charge is 0.474 e. The van der Waals surface area contributed by atoms with Crippen LogP contribution in [0.5, 0.6) is 0 Å². The molecule has 1 spiro atoms. The van der Waals surface area contributed by atoms with Crippen LogP contribution in [0.3, 0.4) is 0 Å². The molecule has 4 rings (SSSR count). The smallest absolute Gasteiger partial charge is 0.318 e. The fourth-order valence-corrected chi connectivity index (χ4v) is 5.07. The first kappa shape index (κ1) is 20.0. The highest BCUT2D eigenvalue weighted by Crippen LogP contribution is 2.52. The molecular weight excluding hydrogens is 364 g/mol. The molecule has 2 amide bonds. The van der Waals surface area contributed by atoms with Gasteiger partial charge in [0.15, 0.2) is 5.88 Å². The summed E-state index contributed by atoms with van der Waals surface area (Å²) >= 11 is 0. The predicted octanol–water partition coefficient (Wildman–Crippen LogP) is 3.89. The van der Waals surface area contributed by atoms with E-state index in [1.165, 1.54) is 31.2 Å². The van der Waals surface area contributed by atoms with E-state index in [9.17, 15) is 4.79 Å². The van der Waals surface area contributed by atoms with Crippen molar-refractivity contribution in [1.82, 2.24) is 20.1 Å². The molecule has 0 radical (unpaired) electrons. The van der Waals surface area contributed by atoms with Gasteiger partial charge in [0, 0.05) is 45.1 Å². The summed E-state index contributed by atoms with van der Waals surface area (Å²) in [5.41, 5.74) is 2.64. The minimum atomic E-state index is -0.195. The lowest BCUT2D eigenvalue weighted by Gasteiger charge is -2.53. The number of rotatable bonds is 4. The first-order chi connectivity index (χ1) is 13.7. The Morgan fingerprint density at radius 1 is 1.24 bits per heavy atom. The van der Waals surface area contributed by atoms with Gasteiger partial charge in [-0.3, -0.25) is 4.98 Å². The molecule has 1 N–H and O–H groups in total. The van der Waals surface area contributed by atoms with Crippen molar-refractivity contribution < 1.29 is 9.53 Å². The highest BCUT2D eigenvalue weighted by molar-refractivity contribution is 5.75. The molecular formula is C23H34N4O2. The van der Waals surface area contributed by atoms with Gasteiger partial charge >= 0.3 is 6.03 Å². The van der Waals surface area contributed by atoms with Crippen LogP contribution >= 0.6 is 0 Å². The van der Waals surface area contributed by atoms with Crippen molar-refractivity contribution >= 4 is 6.03 Å². The third-order valence-electron chi connectivity index (χ3n) is 6.60. The van der Waals surface area contributed by atoms with Gasteiger partial charge in [-0.2, -0.15) is 0 Å². The van der Waals surface area contributed by atoms with Gasteiger partial charge in [0.1, 0.15) is 5.60 Å². The number of carbonyl (C=O) groups excluding carboxylic acids is 1. The second kappa shape index (κ2) is 7.54. The average molecular weight is 399 g/mol. The number of carbonyl (C=O) groups is 1. The van der Waals surface area contributed by atoms with Crippen LogP contribution in [0.1, 0.15) is 57.6 Å². The van der Waals surface area contributed by atoms with Crippen molar-refractivity contribution in [3.05, 3.63) is 42.0 Å². The maximum absolute atomic E-state index is 12.5. The van der Waals surface area contributed by atoms with Crippen LogP contribution in [0.4, 0.5) is 4.79 Å². The minimum Gasteiger partial charge on any atom is -0.474 e. The van der Waals surface area contributed by atoms with Crippen LogP contribution in [-0.2, 0) is 17.8 Å². The number of hydrogen-bond acceptors (Lipinski definition) is 4. The molecule has 158 valence electrons. The molecule has 0 unspecified atom stereocenters. The highest BCUT2D eigenvalue weighted by Gasteiger charge is 2.46. The number of amides is 2. The molecule has 6 heteroatoms. The Labute approximate surface area is 174 Å². The number of aromatic nitrogens is 1. The van der Waals surface area contributed by atoms with E-state index < -0.39 is 0 Å². The number of nitrogens with zero attached hydrogens (tertiary/aromatic N) is 3. The van der Waals surface area contributed by atoms with Crippen LogP contribution in [0, 0.1) is 11.3 Å². The fraction of sp³-hybridized carbons (Fsp3) is 0.652. The van der Waals surface area contributed by atoms with Gasteiger partial charge in [-0.25, -0.2) is 4.79 Å². The molecule has 1 saturated heterocycles. The van der Waals surface area contributed by atoms with E-state index in [1.807, 2.05) is 17.2 Å². The molecule has 1 aromatic rings. The highest BCUT2D eigenvalue weighted by atomic mass is 16.5. The molecule has 0 atom stereocenters. The van der Waals surface area contributed by atoms with E-state index in [0.717, 1.165) is 31.1 Å². The number of likely N-dealkylation sites (tertiary alicyclic amines) is 1. The van der Waals surface area contributed by atoms with Crippen molar-refractivity contribution in [3.8, 4) is 0 Å². The monoisotopic (exact) mass is 398 g/mol. The topological polar surface area (TPSA) is 57.7 Å². The Bertz CT molecular complexity index is 744. The van der Waals surface area contributed by atoms with E-state index >= 15 is 0 Å². The van der Waals surface area contributed by atoms with Gasteiger partial charge < -0.3 is 19.9 Å². The molecule has 1 aliphatic carbocycles. The molecule has 0 aromatic carbocycles. The number of urea groups is 1. The van der Waals surface area contributed by atoms with Gasteiger partial charge in [0.2, 0.25) is 0 Å². The second-order valence-corrected chi connectivity index (χ2v) is 10.1. The zero-order valence-electron chi connectivity index (χ0n) is 18.0. The molecule has 2 fully saturated rings. The maximum atomic E-state index is 12.5. The third-order valence-corrected chi connectivity index (χ3v) is 6.60. The number of nitrogens with one attached hydrogen (secondary N) is 1. The Morgan fingerprint density at radius 2 is 1.93 bits per heavy atom. The number of ether oxygens (including phenoxy) is 1. The van der Waals surface area contributed by atoms with E-state index in [1.54, 1.807) is 6.20 Å². The summed E-state index contributed by atoms with van der Waals surface area (Å²) in [6.45, 7) is 14.5. The average Bonchev–Trinajstić information content (AvgIpc) is 3.07. The summed E-state index contributed by atoms with van der Waals surface area (Å²) in [5.74, 6) is 1.41. The minimum absolute atomic E-state index is 0.0487. The normalized spacial score (nSPS) is 20.9. The summed E-state index contributed by atoms with van der Waals surface area (Å²) in [6.07, 6.45) is 8.49. The SMILES string of the molecule is C=C(OC(C)(C)C)N1CCC2(CC1)CC(CNC(=O)N1Cc3ccncc3C1)C2. The zero-order valence-corrected chi connectivity index (χ0v) is 18.0. The summed E-state index contributed by atoms with van der Waals surface area (Å²) in [4.78, 5) is 20.8.